The summed E-state index contributed by atoms with van der Waals surface area (Å²) >= 11 is 7.15. The van der Waals surface area contributed by atoms with Crippen molar-refractivity contribution < 1.29 is 47.7 Å². The van der Waals surface area contributed by atoms with E-state index in [0.717, 1.165) is 33.4 Å². The zero-order valence-electron chi connectivity index (χ0n) is 30.5. The second kappa shape index (κ2) is 13.8. The van der Waals surface area contributed by atoms with Crippen LogP contribution in [-0.2, 0) is 110 Å². The fraction of sp³-hybridized carbons (Fsp3) is 0.429. The van der Waals surface area contributed by atoms with Crippen molar-refractivity contribution in [3.8, 4) is 0 Å². The molecule has 0 saturated carbocycles. The monoisotopic (exact) mass is 862 g/mol. The molecule has 0 heterocycles. The molecule has 0 saturated heterocycles. The molecular weight excluding hydrogens is 824 g/mol. The van der Waals surface area contributed by atoms with Crippen molar-refractivity contribution in [1.29, 1.82) is 0 Å². The Bertz CT molecular complexity index is 2020. The molecule has 0 fully saturated rings. The first-order valence-corrected chi connectivity index (χ1v) is 20.0. The number of carbonyl (C=O) groups is 6. The molecule has 54 heavy (non-hydrogen) atoms. The Morgan fingerprint density at radius 1 is 0.463 bits per heavy atom. The summed E-state index contributed by atoms with van der Waals surface area (Å²) in [5.41, 5.74) is 0.219. The van der Waals surface area contributed by atoms with Gasteiger partial charge in [-0.05, 0) is 107 Å². The molecule has 0 radical (unpaired) electrons. The number of halogens is 2. The molecule has 4 bridgehead atoms. The Kier molecular flexibility index (Phi) is 9.78. The molecule has 282 valence electrons. The van der Waals surface area contributed by atoms with Gasteiger partial charge in [0.1, 0.15) is 21.7 Å². The van der Waals surface area contributed by atoms with E-state index >= 15 is 9.59 Å². The minimum absolute atomic E-state index is 0.00304. The van der Waals surface area contributed by atoms with Crippen molar-refractivity contribution in [1.82, 2.24) is 0 Å². The predicted molar refractivity (Wildman–Crippen MR) is 202 cm³/mol. The van der Waals surface area contributed by atoms with Gasteiger partial charge in [0.25, 0.3) is 0 Å². The van der Waals surface area contributed by atoms with E-state index in [4.69, 9.17) is 18.9 Å². The lowest BCUT2D eigenvalue weighted by Gasteiger charge is -2.34. The molecule has 0 N–H and O–H groups in total. The Hall–Kier alpha value is -4.16. The van der Waals surface area contributed by atoms with E-state index in [9.17, 15) is 19.2 Å². The van der Waals surface area contributed by atoms with Crippen LogP contribution in [0.1, 0.15) is 55.6 Å². The predicted octanol–water partition coefficient (Wildman–Crippen LogP) is 5.05. The third-order valence-corrected chi connectivity index (χ3v) is 13.6. The summed E-state index contributed by atoms with van der Waals surface area (Å²) in [5, 5.41) is 1.07. The normalized spacial score (nSPS) is 26.6. The van der Waals surface area contributed by atoms with Crippen LogP contribution in [0.5, 0.6) is 0 Å². The fourth-order valence-corrected chi connectivity index (χ4v) is 10.9. The minimum Gasteiger partial charge on any atom is -0.468 e. The first-order valence-electron chi connectivity index (χ1n) is 17.7. The highest BCUT2D eigenvalue weighted by molar-refractivity contribution is 9.09. The average molecular weight is 865 g/mol. The van der Waals surface area contributed by atoms with Crippen LogP contribution in [0, 0.1) is 21.7 Å². The summed E-state index contributed by atoms with van der Waals surface area (Å²) in [6, 6.07) is 15.0. The van der Waals surface area contributed by atoms with Gasteiger partial charge < -0.3 is 18.9 Å². The number of carbonyl (C=O) groups excluding carboxylic acids is 6. The maximum atomic E-state index is 15.3. The zero-order chi connectivity index (χ0) is 38.8. The maximum Gasteiger partial charge on any atom is 0.320 e. The molecule has 0 amide bonds. The molecule has 7 rings (SSSR count). The van der Waals surface area contributed by atoms with Crippen LogP contribution in [0.3, 0.4) is 0 Å². The maximum absolute atomic E-state index is 15.3. The second-order valence-corrected chi connectivity index (χ2v) is 16.3. The highest BCUT2D eigenvalue weighted by Gasteiger charge is 2.65. The molecule has 4 atom stereocenters. The molecule has 12 heteroatoms. The van der Waals surface area contributed by atoms with Crippen molar-refractivity contribution in [3.63, 3.8) is 0 Å². The van der Waals surface area contributed by atoms with Crippen LogP contribution >= 0.6 is 31.9 Å². The van der Waals surface area contributed by atoms with Gasteiger partial charge in [-0.1, -0.05) is 80.4 Å². The van der Waals surface area contributed by atoms with Crippen molar-refractivity contribution in [2.75, 3.05) is 28.4 Å². The molecular formula is C42H40Br2O10. The number of fused-ring (bicyclic) bond motifs is 8. The van der Waals surface area contributed by atoms with E-state index in [-0.39, 0.29) is 51.4 Å². The number of rotatable bonds is 6. The van der Waals surface area contributed by atoms with Crippen molar-refractivity contribution >= 4 is 67.3 Å². The number of alkyl halides is 2. The van der Waals surface area contributed by atoms with Crippen LogP contribution < -0.4 is 0 Å². The molecule has 3 aromatic carbocycles. The topological polar surface area (TPSA) is 139 Å². The third-order valence-electron chi connectivity index (χ3n) is 12.4. The zero-order valence-corrected chi connectivity index (χ0v) is 33.7. The van der Waals surface area contributed by atoms with Gasteiger partial charge in [0, 0.05) is 10.7 Å². The summed E-state index contributed by atoms with van der Waals surface area (Å²) in [4.78, 5) is 86.9. The van der Waals surface area contributed by atoms with Crippen LogP contribution in [0.4, 0.5) is 0 Å². The Morgan fingerprint density at radius 2 is 0.704 bits per heavy atom. The largest absolute Gasteiger partial charge is 0.468 e. The number of hydrogen-bond acceptors (Lipinski definition) is 10. The second-order valence-electron chi connectivity index (χ2n) is 15.2. The van der Waals surface area contributed by atoms with Gasteiger partial charge in [-0.3, -0.25) is 28.8 Å². The number of Topliss-reactive ketones (excluding diaryl/α,β-unsaturated/α-hetero) is 2. The van der Waals surface area contributed by atoms with Crippen molar-refractivity contribution in [2.24, 2.45) is 21.7 Å². The average Bonchev–Trinajstić information content (AvgIpc) is 3.46. The lowest BCUT2D eigenvalue weighted by atomic mass is 9.66. The smallest absolute Gasteiger partial charge is 0.320 e. The van der Waals surface area contributed by atoms with Gasteiger partial charge in [-0.25, -0.2) is 0 Å². The molecule has 10 nitrogen and oxygen atoms in total. The molecule has 3 aromatic rings. The van der Waals surface area contributed by atoms with Crippen LogP contribution in [0.15, 0.2) is 48.5 Å². The molecule has 0 unspecified atom stereocenters. The van der Waals surface area contributed by atoms with E-state index in [1.165, 1.54) is 28.4 Å². The minimum atomic E-state index is -1.81. The summed E-state index contributed by atoms with van der Waals surface area (Å²) in [5.74, 6) is -4.21. The number of ether oxygens (including phenoxy) is 4. The summed E-state index contributed by atoms with van der Waals surface area (Å²) in [6.45, 7) is 0. The van der Waals surface area contributed by atoms with Gasteiger partial charge in [0.15, 0.2) is 11.6 Å². The number of hydrogen-bond donors (Lipinski definition) is 0. The lowest BCUT2D eigenvalue weighted by molar-refractivity contribution is -0.170. The standard InChI is InChI=1S/C42H40Br2O10/c1-51-35(47)39-13-23-7-5-6-8-24(23)14-40(33(39)45,36(48)52-2)16-26-10-28-18-42(38(50)54-4)20-30-12-32(22-44)31(21-43)11-29(30)19-41(34(42)46,37(49)53-3)17-27(28)9-25(26)15-39/h5-12H,13-22H2,1-4H3/t39-,40+,41+,42-. The molecule has 0 aliphatic heterocycles. The van der Waals surface area contributed by atoms with Crippen molar-refractivity contribution in [3.05, 3.63) is 104 Å². The highest BCUT2D eigenvalue weighted by Crippen LogP contribution is 2.53. The Balaban J connectivity index is 1.50. The first kappa shape index (κ1) is 38.1. The van der Waals surface area contributed by atoms with Crippen molar-refractivity contribution in [2.45, 2.75) is 62.0 Å². The van der Waals surface area contributed by atoms with Gasteiger partial charge in [-0.2, -0.15) is 0 Å². The number of esters is 4. The number of methoxy groups -OCH3 is 4. The van der Waals surface area contributed by atoms with E-state index in [0.29, 0.717) is 32.9 Å². The molecule has 0 spiro atoms. The van der Waals surface area contributed by atoms with Gasteiger partial charge >= 0.3 is 23.9 Å². The summed E-state index contributed by atoms with van der Waals surface area (Å²) in [7, 11) is 4.92. The summed E-state index contributed by atoms with van der Waals surface area (Å²) in [6.07, 6.45) is -0.422. The van der Waals surface area contributed by atoms with Gasteiger partial charge in [0.05, 0.1) is 28.4 Å². The SMILES string of the molecule is COC(=O)[C@]12Cc3ccccc3C[C@](C(=O)OC)(Cc3cc4c(cc3C1)C[C@]1(C(=O)OC)Cc3cc(CBr)c(CBr)cc3C[C@](C(=O)OC)(C4)C1=O)C2=O. The molecule has 4 aliphatic rings. The highest BCUT2D eigenvalue weighted by atomic mass is 79.9. The quantitative estimate of drug-likeness (QED) is 0.143. The van der Waals surface area contributed by atoms with Crippen LogP contribution in [-0.4, -0.2) is 63.9 Å². The number of ketones is 2. The molecule has 0 aromatic heterocycles. The Morgan fingerprint density at radius 3 is 0.944 bits per heavy atom. The van der Waals surface area contributed by atoms with Gasteiger partial charge in [0.2, 0.25) is 0 Å². The van der Waals surface area contributed by atoms with Crippen LogP contribution in [0.25, 0.3) is 0 Å². The van der Waals surface area contributed by atoms with Crippen LogP contribution in [0.2, 0.25) is 0 Å². The lowest BCUT2D eigenvalue weighted by Crippen LogP contribution is -2.54. The van der Waals surface area contributed by atoms with E-state index < -0.39 is 57.1 Å². The van der Waals surface area contributed by atoms with E-state index in [1.54, 1.807) is 0 Å². The molecule has 4 aliphatic carbocycles. The fourth-order valence-electron chi connectivity index (χ4n) is 9.86. The van der Waals surface area contributed by atoms with Gasteiger partial charge in [-0.15, -0.1) is 0 Å². The van der Waals surface area contributed by atoms with E-state index in [2.05, 4.69) is 31.9 Å². The summed E-state index contributed by atoms with van der Waals surface area (Å²) < 4.78 is 21.6. The third kappa shape index (κ3) is 5.44. The number of benzene rings is 3. The Labute approximate surface area is 329 Å². The van der Waals surface area contributed by atoms with E-state index in [1.807, 2.05) is 48.5 Å². The first-order chi connectivity index (χ1) is 25.8.